The number of thioether (sulfide) groups is 1. The molecule has 0 aliphatic heterocycles. The number of aryl methyl sites for hydroxylation is 1. The van der Waals surface area contributed by atoms with Gasteiger partial charge in [0, 0.05) is 39.5 Å². The van der Waals surface area contributed by atoms with Crippen molar-refractivity contribution in [2.75, 3.05) is 0 Å². The van der Waals surface area contributed by atoms with E-state index >= 15 is 0 Å². The second-order valence-electron chi connectivity index (χ2n) is 6.38. The van der Waals surface area contributed by atoms with Crippen molar-refractivity contribution in [2.24, 2.45) is 0 Å². The molecule has 0 unspecified atom stereocenters. The van der Waals surface area contributed by atoms with Crippen LogP contribution in [0, 0.1) is 6.92 Å². The molecule has 0 saturated carbocycles. The van der Waals surface area contributed by atoms with E-state index in [-0.39, 0.29) is 6.61 Å². The first-order chi connectivity index (χ1) is 14.5. The molecule has 0 spiro atoms. The van der Waals surface area contributed by atoms with Gasteiger partial charge in [-0.05, 0) is 37.3 Å². The largest absolute Gasteiger partial charge is 0.457 e. The lowest BCUT2D eigenvalue weighted by Gasteiger charge is -2.09. The van der Waals surface area contributed by atoms with Crippen LogP contribution in [0.25, 0.3) is 11.0 Å². The first-order valence-electron chi connectivity index (χ1n) is 8.89. The predicted molar refractivity (Wildman–Crippen MR) is 114 cm³/mol. The molecule has 1 aromatic carbocycles. The van der Waals surface area contributed by atoms with E-state index in [9.17, 15) is 9.59 Å². The molecule has 0 N–H and O–H groups in total. The minimum Gasteiger partial charge on any atom is -0.457 e. The molecule has 0 fully saturated rings. The molecule has 30 heavy (non-hydrogen) atoms. The summed E-state index contributed by atoms with van der Waals surface area (Å²) >= 11 is 4.71. The number of esters is 1. The van der Waals surface area contributed by atoms with Crippen LogP contribution in [-0.2, 0) is 17.1 Å². The van der Waals surface area contributed by atoms with Gasteiger partial charge in [-0.1, -0.05) is 32.8 Å². The molecule has 0 saturated heterocycles. The molecule has 4 aromatic rings. The molecule has 4 rings (SSSR count). The summed E-state index contributed by atoms with van der Waals surface area (Å²) < 4.78 is 16.5. The SMILES string of the molecule is Cc1cc(CSc2ncccc2C(=O)OCc2cc(=O)oc3cc(Br)ccc23)no1. The van der Waals surface area contributed by atoms with Gasteiger partial charge in [0.25, 0.3) is 0 Å². The van der Waals surface area contributed by atoms with Crippen molar-refractivity contribution in [3.05, 3.63) is 86.1 Å². The van der Waals surface area contributed by atoms with Gasteiger partial charge in [-0.15, -0.1) is 0 Å². The third-order valence-electron chi connectivity index (χ3n) is 4.18. The molecule has 152 valence electrons. The van der Waals surface area contributed by atoms with Crippen LogP contribution < -0.4 is 5.63 Å². The van der Waals surface area contributed by atoms with Crippen molar-refractivity contribution in [2.45, 2.75) is 24.3 Å². The fourth-order valence-corrected chi connectivity index (χ4v) is 4.04. The van der Waals surface area contributed by atoms with Gasteiger partial charge < -0.3 is 13.7 Å². The number of rotatable bonds is 6. The first-order valence-corrected chi connectivity index (χ1v) is 10.7. The average molecular weight is 487 g/mol. The Bertz CT molecular complexity index is 1280. The van der Waals surface area contributed by atoms with Gasteiger partial charge in [-0.3, -0.25) is 0 Å². The Morgan fingerprint density at radius 2 is 2.10 bits per heavy atom. The summed E-state index contributed by atoms with van der Waals surface area (Å²) in [7, 11) is 0. The quantitative estimate of drug-likeness (QED) is 0.215. The van der Waals surface area contributed by atoms with Crippen LogP contribution in [0.4, 0.5) is 0 Å². The Kier molecular flexibility index (Phi) is 6.01. The van der Waals surface area contributed by atoms with E-state index in [1.807, 2.05) is 19.1 Å². The number of benzene rings is 1. The number of pyridine rings is 1. The van der Waals surface area contributed by atoms with E-state index in [2.05, 4.69) is 26.1 Å². The highest BCUT2D eigenvalue weighted by Gasteiger charge is 2.16. The Hall–Kier alpha value is -2.91. The monoisotopic (exact) mass is 486 g/mol. The fourth-order valence-electron chi connectivity index (χ4n) is 2.83. The summed E-state index contributed by atoms with van der Waals surface area (Å²) in [6, 6.07) is 11.8. The van der Waals surface area contributed by atoms with Gasteiger partial charge in [-0.25, -0.2) is 14.6 Å². The van der Waals surface area contributed by atoms with E-state index in [4.69, 9.17) is 13.7 Å². The summed E-state index contributed by atoms with van der Waals surface area (Å²) in [5.74, 6) is 0.701. The van der Waals surface area contributed by atoms with Crippen LogP contribution >= 0.6 is 27.7 Å². The van der Waals surface area contributed by atoms with Gasteiger partial charge in [0.15, 0.2) is 0 Å². The first kappa shape index (κ1) is 20.4. The normalized spacial score (nSPS) is 11.0. The lowest BCUT2D eigenvalue weighted by molar-refractivity contribution is 0.0468. The van der Waals surface area contributed by atoms with Gasteiger partial charge in [-0.2, -0.15) is 0 Å². The summed E-state index contributed by atoms with van der Waals surface area (Å²) in [5.41, 5.74) is 1.59. The van der Waals surface area contributed by atoms with E-state index in [1.165, 1.54) is 17.8 Å². The standard InChI is InChI=1S/C21H15BrN2O5S/c1-12-7-15(24-29-12)11-30-20-17(3-2-6-23-20)21(26)27-10-13-8-19(25)28-18-9-14(22)4-5-16(13)18/h2-9H,10-11H2,1H3. The molecule has 0 aliphatic rings. The van der Waals surface area contributed by atoms with Crippen molar-refractivity contribution < 1.29 is 18.5 Å². The molecule has 0 bridgehead atoms. The molecule has 0 amide bonds. The predicted octanol–water partition coefficient (Wildman–Crippen LogP) is 4.90. The average Bonchev–Trinajstić information content (AvgIpc) is 3.15. The summed E-state index contributed by atoms with van der Waals surface area (Å²) in [6.45, 7) is 1.75. The van der Waals surface area contributed by atoms with Gasteiger partial charge in [0.05, 0.1) is 11.3 Å². The third-order valence-corrected chi connectivity index (χ3v) is 5.71. The molecule has 3 heterocycles. The second kappa shape index (κ2) is 8.85. The Labute approximate surface area is 183 Å². The Morgan fingerprint density at radius 1 is 1.23 bits per heavy atom. The molecule has 9 heteroatoms. The van der Waals surface area contributed by atoms with Crippen molar-refractivity contribution in [1.29, 1.82) is 0 Å². The van der Waals surface area contributed by atoms with Crippen LogP contribution in [0.3, 0.4) is 0 Å². The highest BCUT2D eigenvalue weighted by Crippen LogP contribution is 2.26. The maximum Gasteiger partial charge on any atom is 0.341 e. The van der Waals surface area contributed by atoms with Crippen molar-refractivity contribution in [1.82, 2.24) is 10.1 Å². The minimum absolute atomic E-state index is 0.0654. The fraction of sp³-hybridized carbons (Fsp3) is 0.143. The van der Waals surface area contributed by atoms with Crippen molar-refractivity contribution in [3.8, 4) is 0 Å². The van der Waals surface area contributed by atoms with E-state index in [0.29, 0.717) is 32.9 Å². The number of aromatic nitrogens is 2. The van der Waals surface area contributed by atoms with Crippen molar-refractivity contribution >= 4 is 44.6 Å². The van der Waals surface area contributed by atoms with Crippen LogP contribution in [0.5, 0.6) is 0 Å². The zero-order chi connectivity index (χ0) is 21.1. The smallest absolute Gasteiger partial charge is 0.341 e. The number of carbonyl (C=O) groups excluding carboxylic acids is 1. The van der Waals surface area contributed by atoms with Crippen LogP contribution in [0.1, 0.15) is 27.4 Å². The zero-order valence-corrected chi connectivity index (χ0v) is 18.2. The molecule has 0 atom stereocenters. The minimum atomic E-state index is -0.527. The molecular weight excluding hydrogens is 472 g/mol. The number of halogens is 1. The van der Waals surface area contributed by atoms with E-state index in [0.717, 1.165) is 15.9 Å². The summed E-state index contributed by atoms with van der Waals surface area (Å²) in [5, 5.41) is 5.18. The number of ether oxygens (including phenoxy) is 1. The maximum absolute atomic E-state index is 12.7. The summed E-state index contributed by atoms with van der Waals surface area (Å²) in [4.78, 5) is 28.9. The highest BCUT2D eigenvalue weighted by molar-refractivity contribution is 9.10. The molecule has 3 aromatic heterocycles. The second-order valence-corrected chi connectivity index (χ2v) is 8.26. The van der Waals surface area contributed by atoms with Gasteiger partial charge >= 0.3 is 11.6 Å². The molecular formula is C21H15BrN2O5S. The van der Waals surface area contributed by atoms with Gasteiger partial charge in [0.1, 0.15) is 23.0 Å². The number of hydrogen-bond donors (Lipinski definition) is 0. The van der Waals surface area contributed by atoms with Gasteiger partial charge in [0.2, 0.25) is 0 Å². The third kappa shape index (κ3) is 4.63. The summed E-state index contributed by atoms with van der Waals surface area (Å²) in [6.07, 6.45) is 1.61. The van der Waals surface area contributed by atoms with Crippen LogP contribution in [0.2, 0.25) is 0 Å². The van der Waals surface area contributed by atoms with Crippen molar-refractivity contribution in [3.63, 3.8) is 0 Å². The number of fused-ring (bicyclic) bond motifs is 1. The number of nitrogens with zero attached hydrogens (tertiary/aromatic N) is 2. The lowest BCUT2D eigenvalue weighted by Crippen LogP contribution is -2.09. The zero-order valence-electron chi connectivity index (χ0n) is 15.8. The Morgan fingerprint density at radius 3 is 2.90 bits per heavy atom. The van der Waals surface area contributed by atoms with E-state index in [1.54, 1.807) is 30.5 Å². The highest BCUT2D eigenvalue weighted by atomic mass is 79.9. The molecule has 7 nitrogen and oxygen atoms in total. The number of hydrogen-bond acceptors (Lipinski definition) is 8. The molecule has 0 radical (unpaired) electrons. The topological polar surface area (TPSA) is 95.4 Å². The lowest BCUT2D eigenvalue weighted by atomic mass is 10.1. The van der Waals surface area contributed by atoms with E-state index < -0.39 is 11.6 Å². The van der Waals surface area contributed by atoms with Crippen LogP contribution in [0.15, 0.2) is 71.9 Å². The Balaban J connectivity index is 1.51. The maximum atomic E-state index is 12.7. The molecule has 0 aliphatic carbocycles. The number of carbonyl (C=O) groups is 1. The van der Waals surface area contributed by atoms with Crippen LogP contribution in [-0.4, -0.2) is 16.1 Å².